The first kappa shape index (κ1) is 8.90. The van der Waals surface area contributed by atoms with Crippen LogP contribution >= 0.6 is 0 Å². The summed E-state index contributed by atoms with van der Waals surface area (Å²) in [6.45, 7) is 0. The maximum atomic E-state index is 11.8. The van der Waals surface area contributed by atoms with Crippen LogP contribution in [0.3, 0.4) is 0 Å². The molecule has 0 saturated carbocycles. The first-order chi connectivity index (χ1) is 7.75. The van der Waals surface area contributed by atoms with Gasteiger partial charge in [0.05, 0.1) is 12.1 Å². The number of nitrogens with one attached hydrogen (secondary N) is 1. The number of nitrogens with two attached hydrogens (primary N) is 1. The molecule has 2 aromatic heterocycles. The van der Waals surface area contributed by atoms with E-state index in [1.807, 2.05) is 0 Å². The number of nitrogen functional groups attached to an aromatic ring is 1. The summed E-state index contributed by atoms with van der Waals surface area (Å²) in [5.74, 6) is 1.24. The van der Waals surface area contributed by atoms with Gasteiger partial charge in [-0.1, -0.05) is 0 Å². The molecular formula is C10H9N5O. The largest absolute Gasteiger partial charge is 0.397 e. The third-order valence-electron chi connectivity index (χ3n) is 2.50. The van der Waals surface area contributed by atoms with E-state index in [0.29, 0.717) is 23.7 Å². The molecule has 0 aliphatic carbocycles. The number of hydrogen-bond acceptors (Lipinski definition) is 4. The molecule has 16 heavy (non-hydrogen) atoms. The van der Waals surface area contributed by atoms with Gasteiger partial charge in [-0.05, 0) is 0 Å². The molecule has 1 amide bonds. The number of hydrogen-bond donors (Lipinski definition) is 2. The van der Waals surface area contributed by atoms with Crippen LogP contribution in [0.15, 0.2) is 24.8 Å². The van der Waals surface area contributed by atoms with Gasteiger partial charge in [-0.25, -0.2) is 14.9 Å². The highest BCUT2D eigenvalue weighted by atomic mass is 16.2. The Morgan fingerprint density at radius 2 is 2.38 bits per heavy atom. The summed E-state index contributed by atoms with van der Waals surface area (Å²) in [5.41, 5.74) is 7.03. The van der Waals surface area contributed by atoms with E-state index in [0.717, 1.165) is 5.56 Å². The molecule has 0 atom stereocenters. The molecule has 0 aromatic carbocycles. The van der Waals surface area contributed by atoms with Crippen molar-refractivity contribution in [1.29, 1.82) is 0 Å². The molecule has 2 aromatic rings. The topological polar surface area (TPSA) is 87.9 Å². The summed E-state index contributed by atoms with van der Waals surface area (Å²) in [7, 11) is 0. The summed E-state index contributed by atoms with van der Waals surface area (Å²) < 4.78 is 0. The predicted octanol–water partition coefficient (Wildman–Crippen LogP) is 0.608. The summed E-state index contributed by atoms with van der Waals surface area (Å²) in [6.07, 6.45) is 5.06. The Morgan fingerprint density at radius 3 is 3.12 bits per heavy atom. The summed E-state index contributed by atoms with van der Waals surface area (Å²) >= 11 is 0. The molecule has 3 heterocycles. The van der Waals surface area contributed by atoms with Crippen LogP contribution in [-0.2, 0) is 11.2 Å². The van der Waals surface area contributed by atoms with E-state index in [4.69, 9.17) is 5.73 Å². The van der Waals surface area contributed by atoms with Crippen LogP contribution in [-0.4, -0.2) is 20.9 Å². The number of carbonyl (C=O) groups is 1. The van der Waals surface area contributed by atoms with Gasteiger partial charge in [-0.15, -0.1) is 0 Å². The molecule has 6 nitrogen and oxygen atoms in total. The molecule has 0 radical (unpaired) electrons. The molecule has 0 fully saturated rings. The molecule has 1 aliphatic heterocycles. The smallest absolute Gasteiger partial charge is 0.238 e. The van der Waals surface area contributed by atoms with E-state index < -0.39 is 0 Å². The third kappa shape index (κ3) is 1.16. The normalized spacial score (nSPS) is 14.2. The van der Waals surface area contributed by atoms with Crippen LogP contribution in [0.5, 0.6) is 0 Å². The van der Waals surface area contributed by atoms with Crippen molar-refractivity contribution < 1.29 is 4.79 Å². The Labute approximate surface area is 91.1 Å². The van der Waals surface area contributed by atoms with Crippen molar-refractivity contribution in [3.63, 3.8) is 0 Å². The van der Waals surface area contributed by atoms with Gasteiger partial charge in [0.25, 0.3) is 0 Å². The Hall–Kier alpha value is -2.37. The molecule has 3 N–H and O–H groups in total. The number of anilines is 3. The number of H-pyrrole nitrogens is 1. The maximum absolute atomic E-state index is 11.8. The van der Waals surface area contributed by atoms with Gasteiger partial charge in [0.2, 0.25) is 5.91 Å². The second-order valence-electron chi connectivity index (χ2n) is 3.60. The van der Waals surface area contributed by atoms with Crippen LogP contribution in [0.1, 0.15) is 5.56 Å². The van der Waals surface area contributed by atoms with E-state index in [2.05, 4.69) is 15.0 Å². The van der Waals surface area contributed by atoms with Crippen molar-refractivity contribution in [1.82, 2.24) is 15.0 Å². The van der Waals surface area contributed by atoms with E-state index in [-0.39, 0.29) is 5.91 Å². The zero-order valence-electron chi connectivity index (χ0n) is 8.34. The van der Waals surface area contributed by atoms with Gasteiger partial charge in [0.15, 0.2) is 0 Å². The van der Waals surface area contributed by atoms with Crippen molar-refractivity contribution in [2.24, 2.45) is 0 Å². The standard InChI is InChI=1S/C10H9N5O/c11-7-2-8(13-4-7)15-9(16)1-6-3-12-5-14-10(6)15/h2-5,13H,1,11H2. The van der Waals surface area contributed by atoms with E-state index in [1.54, 1.807) is 18.5 Å². The highest BCUT2D eigenvalue weighted by molar-refractivity contribution is 6.05. The highest BCUT2D eigenvalue weighted by Gasteiger charge is 2.30. The molecule has 0 bridgehead atoms. The minimum atomic E-state index is -0.0302. The summed E-state index contributed by atoms with van der Waals surface area (Å²) in [6, 6.07) is 1.70. The monoisotopic (exact) mass is 215 g/mol. The van der Waals surface area contributed by atoms with Gasteiger partial charge >= 0.3 is 0 Å². The van der Waals surface area contributed by atoms with Crippen LogP contribution < -0.4 is 10.6 Å². The van der Waals surface area contributed by atoms with Crippen molar-refractivity contribution >= 4 is 23.2 Å². The van der Waals surface area contributed by atoms with E-state index in [1.165, 1.54) is 11.2 Å². The Morgan fingerprint density at radius 1 is 1.50 bits per heavy atom. The highest BCUT2D eigenvalue weighted by Crippen LogP contribution is 2.32. The summed E-state index contributed by atoms with van der Waals surface area (Å²) in [4.78, 5) is 24.3. The Balaban J connectivity index is 2.12. The number of aromatic amines is 1. The molecule has 0 spiro atoms. The second kappa shape index (κ2) is 3.06. The number of amides is 1. The fraction of sp³-hybridized carbons (Fsp3) is 0.100. The number of aromatic nitrogens is 3. The minimum Gasteiger partial charge on any atom is -0.397 e. The molecule has 80 valence electrons. The number of rotatable bonds is 1. The van der Waals surface area contributed by atoms with Crippen LogP contribution in [0.4, 0.5) is 17.3 Å². The van der Waals surface area contributed by atoms with Crippen LogP contribution in [0.25, 0.3) is 0 Å². The van der Waals surface area contributed by atoms with Crippen LogP contribution in [0.2, 0.25) is 0 Å². The molecule has 3 rings (SSSR count). The predicted molar refractivity (Wildman–Crippen MR) is 58.1 cm³/mol. The van der Waals surface area contributed by atoms with E-state index >= 15 is 0 Å². The van der Waals surface area contributed by atoms with Gasteiger partial charge in [-0.3, -0.25) is 4.79 Å². The molecular weight excluding hydrogens is 206 g/mol. The second-order valence-corrected chi connectivity index (χ2v) is 3.60. The molecule has 6 heteroatoms. The van der Waals surface area contributed by atoms with Gasteiger partial charge in [-0.2, -0.15) is 0 Å². The van der Waals surface area contributed by atoms with Gasteiger partial charge in [0.1, 0.15) is 18.0 Å². The minimum absolute atomic E-state index is 0.0302. The number of fused-ring (bicyclic) bond motifs is 1. The fourth-order valence-electron chi connectivity index (χ4n) is 1.81. The van der Waals surface area contributed by atoms with E-state index in [9.17, 15) is 4.79 Å². The number of nitrogens with zero attached hydrogens (tertiary/aromatic N) is 3. The Bertz CT molecular complexity index is 562. The van der Waals surface area contributed by atoms with Crippen molar-refractivity contribution in [3.05, 3.63) is 30.4 Å². The van der Waals surface area contributed by atoms with Gasteiger partial charge < -0.3 is 10.7 Å². The molecule has 0 saturated heterocycles. The molecule has 1 aliphatic rings. The average molecular weight is 215 g/mol. The summed E-state index contributed by atoms with van der Waals surface area (Å²) in [5, 5.41) is 0. The van der Waals surface area contributed by atoms with Gasteiger partial charge in [0, 0.05) is 24.0 Å². The first-order valence-corrected chi connectivity index (χ1v) is 4.81. The Kier molecular flexibility index (Phi) is 1.70. The lowest BCUT2D eigenvalue weighted by Crippen LogP contribution is -2.21. The fourth-order valence-corrected chi connectivity index (χ4v) is 1.81. The average Bonchev–Trinajstić information content (AvgIpc) is 2.80. The van der Waals surface area contributed by atoms with Crippen LogP contribution in [0, 0.1) is 0 Å². The van der Waals surface area contributed by atoms with Crippen molar-refractivity contribution in [3.8, 4) is 0 Å². The first-order valence-electron chi connectivity index (χ1n) is 4.81. The number of carbonyl (C=O) groups excluding carboxylic acids is 1. The lowest BCUT2D eigenvalue weighted by molar-refractivity contribution is -0.116. The van der Waals surface area contributed by atoms with Crippen molar-refractivity contribution in [2.45, 2.75) is 6.42 Å². The zero-order valence-corrected chi connectivity index (χ0v) is 8.34. The lowest BCUT2D eigenvalue weighted by atomic mass is 10.3. The third-order valence-corrected chi connectivity index (χ3v) is 2.50. The quantitative estimate of drug-likeness (QED) is 0.729. The molecule has 0 unspecified atom stereocenters. The van der Waals surface area contributed by atoms with Crippen molar-refractivity contribution in [2.75, 3.05) is 10.6 Å². The maximum Gasteiger partial charge on any atom is 0.238 e. The zero-order chi connectivity index (χ0) is 11.1. The lowest BCUT2D eigenvalue weighted by Gasteiger charge is -2.13. The SMILES string of the molecule is Nc1c[nH]c(N2C(=O)Cc3cncnc32)c1.